The van der Waals surface area contributed by atoms with Gasteiger partial charge < -0.3 is 15.1 Å². The van der Waals surface area contributed by atoms with Crippen LogP contribution < -0.4 is 10.6 Å². The van der Waals surface area contributed by atoms with Gasteiger partial charge in [-0.25, -0.2) is 4.98 Å². The molecule has 5 nitrogen and oxygen atoms in total. The predicted molar refractivity (Wildman–Crippen MR) is 87.5 cm³/mol. The number of nitrogens with one attached hydrogen (secondary N) is 2. The first kappa shape index (κ1) is 19.4. The molecule has 0 aliphatic carbocycles. The maximum Gasteiger partial charge on any atom is 0.293 e. The fraction of sp³-hybridized carbons (Fsp3) is 0.286. The molecule has 1 aromatic heterocycles. The van der Waals surface area contributed by atoms with E-state index in [2.05, 4.69) is 22.5 Å². The van der Waals surface area contributed by atoms with Crippen LogP contribution in [0.25, 0.3) is 0 Å². The molecule has 7 heteroatoms. The molecule has 0 radical (unpaired) electrons. The first-order valence-electron chi connectivity index (χ1n) is 6.21. The van der Waals surface area contributed by atoms with Crippen LogP contribution >= 0.6 is 24.8 Å². The van der Waals surface area contributed by atoms with Crippen molar-refractivity contribution < 1.29 is 9.21 Å². The first-order chi connectivity index (χ1) is 9.20. The Hall–Kier alpha value is -1.56. The summed E-state index contributed by atoms with van der Waals surface area (Å²) in [7, 11) is 0. The standard InChI is InChI=1S/C14H17N3O2.2ClH/c1-3-15-8-11-5-4-6-12(7-11)17-14(18)13-10(2)16-9-19-13;;/h4-7,9,15H,3,8H2,1-2H3,(H,17,18);2*1H. The van der Waals surface area contributed by atoms with E-state index in [-0.39, 0.29) is 36.5 Å². The molecule has 0 unspecified atom stereocenters. The number of nitrogens with zero attached hydrogens (tertiary/aromatic N) is 1. The highest BCUT2D eigenvalue weighted by molar-refractivity contribution is 6.02. The number of halogens is 2. The van der Waals surface area contributed by atoms with Crippen molar-refractivity contribution in [2.75, 3.05) is 11.9 Å². The highest BCUT2D eigenvalue weighted by atomic mass is 35.5. The van der Waals surface area contributed by atoms with Gasteiger partial charge in [-0.1, -0.05) is 19.1 Å². The molecule has 2 rings (SSSR count). The van der Waals surface area contributed by atoms with Crippen LogP contribution in [0.3, 0.4) is 0 Å². The van der Waals surface area contributed by atoms with Gasteiger partial charge in [0, 0.05) is 12.2 Å². The molecule has 2 N–H and O–H groups in total. The Morgan fingerprint density at radius 3 is 2.71 bits per heavy atom. The van der Waals surface area contributed by atoms with Gasteiger partial charge in [0.05, 0.1) is 5.69 Å². The van der Waals surface area contributed by atoms with E-state index >= 15 is 0 Å². The zero-order chi connectivity index (χ0) is 13.7. The lowest BCUT2D eigenvalue weighted by molar-refractivity contribution is 0.0996. The number of carbonyl (C=O) groups is 1. The molecule has 21 heavy (non-hydrogen) atoms. The molecular weight excluding hydrogens is 313 g/mol. The van der Waals surface area contributed by atoms with E-state index < -0.39 is 0 Å². The van der Waals surface area contributed by atoms with Gasteiger partial charge in [-0.2, -0.15) is 0 Å². The van der Waals surface area contributed by atoms with Gasteiger partial charge in [0.1, 0.15) is 0 Å². The first-order valence-corrected chi connectivity index (χ1v) is 6.21. The van der Waals surface area contributed by atoms with Crippen molar-refractivity contribution in [1.29, 1.82) is 0 Å². The minimum atomic E-state index is -0.282. The zero-order valence-corrected chi connectivity index (χ0v) is 13.5. The average Bonchev–Trinajstić information content (AvgIpc) is 2.83. The summed E-state index contributed by atoms with van der Waals surface area (Å²) in [4.78, 5) is 15.9. The minimum absolute atomic E-state index is 0. The molecule has 0 fully saturated rings. The van der Waals surface area contributed by atoms with E-state index in [1.54, 1.807) is 6.92 Å². The van der Waals surface area contributed by atoms with E-state index in [1.165, 1.54) is 6.39 Å². The van der Waals surface area contributed by atoms with Crippen LogP contribution in [-0.4, -0.2) is 17.4 Å². The number of aryl methyl sites for hydroxylation is 1. The third-order valence-corrected chi connectivity index (χ3v) is 2.72. The molecule has 1 aromatic carbocycles. The fourth-order valence-corrected chi connectivity index (χ4v) is 1.74. The summed E-state index contributed by atoms with van der Waals surface area (Å²) in [6.45, 7) is 5.48. The Morgan fingerprint density at radius 2 is 2.10 bits per heavy atom. The normalized spacial score (nSPS) is 9.43. The lowest BCUT2D eigenvalue weighted by atomic mass is 10.2. The summed E-state index contributed by atoms with van der Waals surface area (Å²) in [6, 6.07) is 7.71. The number of hydrogen-bond acceptors (Lipinski definition) is 4. The van der Waals surface area contributed by atoms with Crippen LogP contribution in [0, 0.1) is 6.92 Å². The van der Waals surface area contributed by atoms with Gasteiger partial charge in [-0.3, -0.25) is 4.79 Å². The van der Waals surface area contributed by atoms with E-state index in [1.807, 2.05) is 24.3 Å². The van der Waals surface area contributed by atoms with Gasteiger partial charge in [-0.05, 0) is 31.2 Å². The molecule has 0 bridgehead atoms. The van der Waals surface area contributed by atoms with Crippen molar-refractivity contribution in [1.82, 2.24) is 10.3 Å². The summed E-state index contributed by atoms with van der Waals surface area (Å²) in [6.07, 6.45) is 1.27. The number of anilines is 1. The van der Waals surface area contributed by atoms with E-state index in [0.717, 1.165) is 24.3 Å². The molecule has 0 saturated heterocycles. The van der Waals surface area contributed by atoms with Gasteiger partial charge in [0.25, 0.3) is 5.91 Å². The van der Waals surface area contributed by atoms with E-state index in [0.29, 0.717) is 5.69 Å². The highest BCUT2D eigenvalue weighted by Gasteiger charge is 2.13. The number of benzene rings is 1. The number of aromatic nitrogens is 1. The van der Waals surface area contributed by atoms with Crippen molar-refractivity contribution >= 4 is 36.4 Å². The van der Waals surface area contributed by atoms with Gasteiger partial charge in [0.2, 0.25) is 5.76 Å². The molecular formula is C14H19Cl2N3O2. The van der Waals surface area contributed by atoms with Crippen LogP contribution in [0.5, 0.6) is 0 Å². The second-order valence-corrected chi connectivity index (χ2v) is 4.20. The number of oxazole rings is 1. The molecule has 0 saturated carbocycles. The molecule has 0 spiro atoms. The van der Waals surface area contributed by atoms with Gasteiger partial charge >= 0.3 is 0 Å². The molecule has 0 aliphatic rings. The van der Waals surface area contributed by atoms with Gasteiger partial charge in [-0.15, -0.1) is 24.8 Å². The predicted octanol–water partition coefficient (Wildman–Crippen LogP) is 3.19. The van der Waals surface area contributed by atoms with Crippen LogP contribution in [0.1, 0.15) is 28.7 Å². The van der Waals surface area contributed by atoms with E-state index in [4.69, 9.17) is 4.42 Å². The molecule has 1 amide bonds. The zero-order valence-electron chi connectivity index (χ0n) is 11.9. The number of hydrogen-bond donors (Lipinski definition) is 2. The third kappa shape index (κ3) is 5.38. The Labute approximate surface area is 136 Å². The quantitative estimate of drug-likeness (QED) is 0.882. The lowest BCUT2D eigenvalue weighted by Crippen LogP contribution is -2.14. The summed E-state index contributed by atoms with van der Waals surface area (Å²) < 4.78 is 5.06. The summed E-state index contributed by atoms with van der Waals surface area (Å²) >= 11 is 0. The minimum Gasteiger partial charge on any atom is -0.438 e. The summed E-state index contributed by atoms with van der Waals surface area (Å²) in [5.41, 5.74) is 2.45. The molecule has 0 atom stereocenters. The topological polar surface area (TPSA) is 67.2 Å². The van der Waals surface area contributed by atoms with E-state index in [9.17, 15) is 4.79 Å². The third-order valence-electron chi connectivity index (χ3n) is 2.72. The SMILES string of the molecule is CCNCc1cccc(NC(=O)c2ocnc2C)c1.Cl.Cl. The molecule has 2 aromatic rings. The van der Waals surface area contributed by atoms with Crippen molar-refractivity contribution in [2.45, 2.75) is 20.4 Å². The van der Waals surface area contributed by atoms with Crippen molar-refractivity contribution in [3.63, 3.8) is 0 Å². The summed E-state index contributed by atoms with van der Waals surface area (Å²) in [5.74, 6) is -0.0345. The van der Waals surface area contributed by atoms with Gasteiger partial charge in [0.15, 0.2) is 6.39 Å². The fourth-order valence-electron chi connectivity index (χ4n) is 1.74. The number of rotatable bonds is 5. The Bertz CT molecular complexity index is 573. The number of carbonyl (C=O) groups excluding carboxylic acids is 1. The molecule has 0 aliphatic heterocycles. The smallest absolute Gasteiger partial charge is 0.293 e. The Kier molecular flexibility index (Phi) is 8.69. The van der Waals surface area contributed by atoms with Crippen LogP contribution in [0.2, 0.25) is 0 Å². The second kappa shape index (κ2) is 9.39. The van der Waals surface area contributed by atoms with Crippen molar-refractivity contribution in [3.05, 3.63) is 47.7 Å². The van der Waals surface area contributed by atoms with Crippen molar-refractivity contribution in [3.8, 4) is 0 Å². The largest absolute Gasteiger partial charge is 0.438 e. The monoisotopic (exact) mass is 331 g/mol. The van der Waals surface area contributed by atoms with Crippen molar-refractivity contribution in [2.24, 2.45) is 0 Å². The number of amides is 1. The second-order valence-electron chi connectivity index (χ2n) is 4.20. The van der Waals surface area contributed by atoms with Crippen LogP contribution in [-0.2, 0) is 6.54 Å². The average molecular weight is 332 g/mol. The van der Waals surface area contributed by atoms with Crippen LogP contribution in [0.15, 0.2) is 35.1 Å². The Morgan fingerprint density at radius 1 is 1.33 bits per heavy atom. The highest BCUT2D eigenvalue weighted by Crippen LogP contribution is 2.13. The molecule has 116 valence electrons. The Balaban J connectivity index is 0.00000200. The maximum absolute atomic E-state index is 12.0. The lowest BCUT2D eigenvalue weighted by Gasteiger charge is -2.07. The summed E-state index contributed by atoms with van der Waals surface area (Å²) in [5, 5.41) is 6.04. The maximum atomic E-state index is 12.0. The van der Waals surface area contributed by atoms with Crippen LogP contribution in [0.4, 0.5) is 5.69 Å². The molecule has 1 heterocycles.